The number of anilines is 1. The van der Waals surface area contributed by atoms with Crippen molar-refractivity contribution in [3.63, 3.8) is 0 Å². The maximum Gasteiger partial charge on any atom is 0.211 e. The highest BCUT2D eigenvalue weighted by atomic mass is 32.2. The number of nitrogen functional groups attached to an aromatic ring is 1. The molecule has 4 heterocycles. The number of imidazole rings is 1. The van der Waals surface area contributed by atoms with E-state index in [1.165, 1.54) is 24.3 Å². The van der Waals surface area contributed by atoms with Crippen molar-refractivity contribution in [1.29, 1.82) is 5.26 Å². The van der Waals surface area contributed by atoms with Crippen molar-refractivity contribution < 1.29 is 17.9 Å². The Morgan fingerprint density at radius 2 is 2.03 bits per heavy atom. The van der Waals surface area contributed by atoms with Gasteiger partial charge in [-0.05, 0) is 31.2 Å². The van der Waals surface area contributed by atoms with Crippen LogP contribution >= 0.6 is 11.8 Å². The van der Waals surface area contributed by atoms with E-state index in [2.05, 4.69) is 16.0 Å². The van der Waals surface area contributed by atoms with E-state index in [0.717, 1.165) is 19.3 Å². The fourth-order valence-corrected chi connectivity index (χ4v) is 6.37. The summed E-state index contributed by atoms with van der Waals surface area (Å²) in [6, 6.07) is 5.70. The lowest BCUT2D eigenvalue weighted by Gasteiger charge is -2.31. The SMILES string of the molecule is CS(=O)(=O)N1CCCC(CCn2c(Sc3cc4c(cc3C#N)OCCO4)nc3c(N)ncnc32)C1. The quantitative estimate of drug-likeness (QED) is 0.518. The van der Waals surface area contributed by atoms with Gasteiger partial charge >= 0.3 is 0 Å². The minimum Gasteiger partial charge on any atom is -0.486 e. The van der Waals surface area contributed by atoms with Gasteiger partial charge in [0.1, 0.15) is 25.6 Å². The van der Waals surface area contributed by atoms with Crippen molar-refractivity contribution in [2.45, 2.75) is 35.9 Å². The highest BCUT2D eigenvalue weighted by Gasteiger charge is 2.27. The number of rotatable bonds is 6. The van der Waals surface area contributed by atoms with E-state index in [4.69, 9.17) is 20.2 Å². The molecule has 2 aromatic heterocycles. The van der Waals surface area contributed by atoms with E-state index >= 15 is 0 Å². The van der Waals surface area contributed by atoms with Crippen LogP contribution in [0.4, 0.5) is 5.82 Å². The molecule has 11 nitrogen and oxygen atoms in total. The average molecular weight is 516 g/mol. The van der Waals surface area contributed by atoms with Gasteiger partial charge in [-0.25, -0.2) is 27.7 Å². The largest absolute Gasteiger partial charge is 0.486 e. The van der Waals surface area contributed by atoms with E-state index in [1.807, 2.05) is 4.57 Å². The number of sulfonamides is 1. The summed E-state index contributed by atoms with van der Waals surface area (Å²) in [5, 5.41) is 10.4. The Kier molecular flexibility index (Phi) is 6.43. The summed E-state index contributed by atoms with van der Waals surface area (Å²) in [5.41, 5.74) is 7.63. The fourth-order valence-electron chi connectivity index (χ4n) is 4.43. The zero-order valence-electron chi connectivity index (χ0n) is 19.2. The number of hydrogen-bond donors (Lipinski definition) is 1. The lowest BCUT2D eigenvalue weighted by atomic mass is 9.96. The Bertz CT molecular complexity index is 1420. The van der Waals surface area contributed by atoms with Crippen LogP contribution < -0.4 is 15.2 Å². The van der Waals surface area contributed by atoms with Gasteiger partial charge in [0.25, 0.3) is 0 Å². The Morgan fingerprint density at radius 1 is 1.26 bits per heavy atom. The molecule has 0 aliphatic carbocycles. The van der Waals surface area contributed by atoms with Crippen LogP contribution in [-0.4, -0.2) is 64.8 Å². The van der Waals surface area contributed by atoms with Crippen LogP contribution in [0, 0.1) is 17.2 Å². The Labute approximate surface area is 207 Å². The van der Waals surface area contributed by atoms with Crippen molar-refractivity contribution in [3.8, 4) is 17.6 Å². The number of hydrogen-bond acceptors (Lipinski definition) is 10. The number of nitriles is 1. The second kappa shape index (κ2) is 9.52. The van der Waals surface area contributed by atoms with E-state index in [-0.39, 0.29) is 11.7 Å². The smallest absolute Gasteiger partial charge is 0.211 e. The summed E-state index contributed by atoms with van der Waals surface area (Å²) >= 11 is 1.33. The van der Waals surface area contributed by atoms with Crippen molar-refractivity contribution in [3.05, 3.63) is 24.0 Å². The number of benzene rings is 1. The lowest BCUT2D eigenvalue weighted by molar-refractivity contribution is 0.171. The van der Waals surface area contributed by atoms with Gasteiger partial charge in [-0.1, -0.05) is 11.8 Å². The van der Waals surface area contributed by atoms with Gasteiger partial charge in [0.2, 0.25) is 10.0 Å². The molecule has 1 unspecified atom stereocenters. The summed E-state index contributed by atoms with van der Waals surface area (Å²) in [6.45, 7) is 2.53. The fraction of sp³-hybridized carbons (Fsp3) is 0.455. The van der Waals surface area contributed by atoms with Crippen LogP contribution in [0.1, 0.15) is 24.8 Å². The number of nitrogens with two attached hydrogens (primary N) is 1. The molecule has 1 fully saturated rings. The summed E-state index contributed by atoms with van der Waals surface area (Å²) in [6.07, 6.45) is 5.20. The van der Waals surface area contributed by atoms with Crippen LogP contribution in [0.3, 0.4) is 0 Å². The summed E-state index contributed by atoms with van der Waals surface area (Å²) in [7, 11) is -3.22. The number of aromatic nitrogens is 4. The Hall–Kier alpha value is -3.08. The minimum absolute atomic E-state index is 0.219. The maximum absolute atomic E-state index is 12.0. The second-order valence-electron chi connectivity index (χ2n) is 8.60. The van der Waals surface area contributed by atoms with Crippen LogP contribution in [0.25, 0.3) is 11.2 Å². The molecule has 2 N–H and O–H groups in total. The van der Waals surface area contributed by atoms with Gasteiger partial charge in [0, 0.05) is 30.6 Å². The molecule has 35 heavy (non-hydrogen) atoms. The van der Waals surface area contributed by atoms with Crippen molar-refractivity contribution in [1.82, 2.24) is 23.8 Å². The van der Waals surface area contributed by atoms with E-state index in [0.29, 0.717) is 71.1 Å². The molecule has 0 radical (unpaired) electrons. The maximum atomic E-state index is 12.0. The molecule has 0 bridgehead atoms. The molecule has 1 saturated heterocycles. The first-order valence-corrected chi connectivity index (χ1v) is 13.9. The molecule has 1 atom stereocenters. The summed E-state index contributed by atoms with van der Waals surface area (Å²) in [4.78, 5) is 13.9. The number of aryl methyl sites for hydroxylation is 1. The van der Waals surface area contributed by atoms with E-state index in [1.54, 1.807) is 16.4 Å². The molecule has 0 saturated carbocycles. The summed E-state index contributed by atoms with van der Waals surface area (Å²) < 4.78 is 38.9. The third kappa shape index (κ3) is 4.86. The van der Waals surface area contributed by atoms with Crippen LogP contribution in [0.5, 0.6) is 11.5 Å². The molecule has 184 valence electrons. The van der Waals surface area contributed by atoms with Gasteiger partial charge < -0.3 is 19.8 Å². The third-order valence-corrected chi connectivity index (χ3v) is 8.52. The topological polar surface area (TPSA) is 149 Å². The Balaban J connectivity index is 1.46. The summed E-state index contributed by atoms with van der Waals surface area (Å²) in [5.74, 6) is 1.63. The van der Waals surface area contributed by atoms with Crippen LogP contribution in [0.15, 0.2) is 28.5 Å². The molecule has 1 aromatic carbocycles. The van der Waals surface area contributed by atoms with E-state index < -0.39 is 10.0 Å². The highest BCUT2D eigenvalue weighted by Crippen LogP contribution is 2.40. The van der Waals surface area contributed by atoms with Crippen molar-refractivity contribution >= 4 is 38.8 Å². The third-order valence-electron chi connectivity index (χ3n) is 6.20. The number of fused-ring (bicyclic) bond motifs is 2. The molecular formula is C22H25N7O4S2. The first-order chi connectivity index (χ1) is 16.8. The molecular weight excluding hydrogens is 490 g/mol. The average Bonchev–Trinajstić information content (AvgIpc) is 3.20. The zero-order chi connectivity index (χ0) is 24.6. The second-order valence-corrected chi connectivity index (χ2v) is 11.6. The number of piperidine rings is 1. The van der Waals surface area contributed by atoms with Gasteiger partial charge in [0.15, 0.2) is 33.6 Å². The van der Waals surface area contributed by atoms with Gasteiger partial charge in [-0.3, -0.25) is 0 Å². The molecule has 5 rings (SSSR count). The van der Waals surface area contributed by atoms with Crippen LogP contribution in [-0.2, 0) is 16.6 Å². The highest BCUT2D eigenvalue weighted by molar-refractivity contribution is 7.99. The minimum atomic E-state index is -3.22. The van der Waals surface area contributed by atoms with Crippen molar-refractivity contribution in [2.24, 2.45) is 5.92 Å². The zero-order valence-corrected chi connectivity index (χ0v) is 20.8. The molecule has 2 aliphatic rings. The predicted octanol–water partition coefficient (Wildman–Crippen LogP) is 2.26. The van der Waals surface area contributed by atoms with Gasteiger partial charge in [-0.2, -0.15) is 5.26 Å². The number of ether oxygens (including phenoxy) is 2. The van der Waals surface area contributed by atoms with Crippen LogP contribution in [0.2, 0.25) is 0 Å². The Morgan fingerprint density at radius 3 is 2.77 bits per heavy atom. The first kappa shape index (κ1) is 23.7. The van der Waals surface area contributed by atoms with E-state index in [9.17, 15) is 13.7 Å². The predicted molar refractivity (Wildman–Crippen MR) is 130 cm³/mol. The monoisotopic (exact) mass is 515 g/mol. The van der Waals surface area contributed by atoms with Gasteiger partial charge in [0.05, 0.1) is 11.8 Å². The van der Waals surface area contributed by atoms with Gasteiger partial charge in [-0.15, -0.1) is 0 Å². The molecule has 0 amide bonds. The molecule has 13 heteroatoms. The lowest BCUT2D eigenvalue weighted by Crippen LogP contribution is -2.39. The molecule has 0 spiro atoms. The first-order valence-electron chi connectivity index (χ1n) is 11.3. The number of nitrogens with zero attached hydrogens (tertiary/aromatic N) is 6. The molecule has 3 aromatic rings. The molecule has 2 aliphatic heterocycles. The standard InChI is InChI=1S/C22H25N7O4S2/c1-35(30,31)28-5-2-3-14(12-28)4-6-29-21-19(20(24)25-13-26-21)27-22(29)34-18-10-17-16(9-15(18)11-23)32-7-8-33-17/h9-10,13-14H,2-8,12H2,1H3,(H2,24,25,26). The van der Waals surface area contributed by atoms with Crippen molar-refractivity contribution in [2.75, 3.05) is 38.3 Å². The normalized spacial score (nSPS) is 18.5.